The summed E-state index contributed by atoms with van der Waals surface area (Å²) in [5.74, 6) is -0.831. The van der Waals surface area contributed by atoms with Gasteiger partial charge in [-0.2, -0.15) is 0 Å². The maximum atomic E-state index is 14.1. The van der Waals surface area contributed by atoms with Crippen LogP contribution in [0.4, 0.5) is 5.69 Å². The summed E-state index contributed by atoms with van der Waals surface area (Å²) in [5, 5.41) is 3.55. The van der Waals surface area contributed by atoms with Crippen LogP contribution in [-0.2, 0) is 26.2 Å². The number of hydrogen-bond donors (Lipinski definition) is 1. The molecule has 0 aliphatic carbocycles. The number of hydrogen-bond acceptors (Lipinski definition) is 4. The van der Waals surface area contributed by atoms with Crippen LogP contribution >= 0.6 is 23.2 Å². The summed E-state index contributed by atoms with van der Waals surface area (Å²) < 4.78 is 28.9. The van der Waals surface area contributed by atoms with Gasteiger partial charge in [-0.15, -0.1) is 0 Å². The van der Waals surface area contributed by atoms with E-state index in [2.05, 4.69) is 5.32 Å². The fraction of sp³-hybridized carbons (Fsp3) is 0.333. The van der Waals surface area contributed by atoms with Gasteiger partial charge < -0.3 is 10.2 Å². The number of nitrogens with zero attached hydrogens (tertiary/aromatic N) is 2. The highest BCUT2D eigenvalue weighted by atomic mass is 35.5. The molecule has 0 spiro atoms. The number of anilines is 1. The van der Waals surface area contributed by atoms with Gasteiger partial charge in [0, 0.05) is 13.1 Å². The fourth-order valence-electron chi connectivity index (χ4n) is 4.27. The van der Waals surface area contributed by atoms with E-state index in [0.29, 0.717) is 34.3 Å². The van der Waals surface area contributed by atoms with Crippen molar-refractivity contribution in [1.29, 1.82) is 0 Å². The van der Waals surface area contributed by atoms with Crippen LogP contribution in [0.1, 0.15) is 43.4 Å². The van der Waals surface area contributed by atoms with Crippen LogP contribution in [0.25, 0.3) is 0 Å². The van der Waals surface area contributed by atoms with E-state index in [9.17, 15) is 18.0 Å². The molecule has 3 rings (SSSR count). The van der Waals surface area contributed by atoms with Crippen molar-refractivity contribution in [2.75, 3.05) is 17.4 Å². The summed E-state index contributed by atoms with van der Waals surface area (Å²) in [5.41, 5.74) is 2.76. The average Bonchev–Trinajstić information content (AvgIpc) is 2.92. The summed E-state index contributed by atoms with van der Waals surface area (Å²) >= 11 is 12.3. The van der Waals surface area contributed by atoms with Gasteiger partial charge in [-0.05, 0) is 74.2 Å². The lowest BCUT2D eigenvalue weighted by atomic mass is 10.1. The Morgan fingerprint density at radius 1 is 0.900 bits per heavy atom. The van der Waals surface area contributed by atoms with Crippen molar-refractivity contribution >= 4 is 50.7 Å². The lowest BCUT2D eigenvalue weighted by Crippen LogP contribution is -2.52. The number of sulfonamides is 1. The van der Waals surface area contributed by atoms with Gasteiger partial charge in [0.1, 0.15) is 12.6 Å². The zero-order valence-electron chi connectivity index (χ0n) is 23.2. The molecule has 2 amide bonds. The normalized spacial score (nSPS) is 12.1. The van der Waals surface area contributed by atoms with Crippen LogP contribution in [0, 0.1) is 13.8 Å². The van der Waals surface area contributed by atoms with Crippen LogP contribution in [0.3, 0.4) is 0 Å². The largest absolute Gasteiger partial charge is 0.354 e. The van der Waals surface area contributed by atoms with E-state index in [0.717, 1.165) is 21.9 Å². The molecule has 0 bridgehead atoms. The molecule has 214 valence electrons. The summed E-state index contributed by atoms with van der Waals surface area (Å²) in [4.78, 5) is 28.7. The number of carbonyl (C=O) groups excluding carboxylic acids is 2. The highest BCUT2D eigenvalue weighted by molar-refractivity contribution is 7.92. The Kier molecular flexibility index (Phi) is 11.0. The van der Waals surface area contributed by atoms with Crippen molar-refractivity contribution < 1.29 is 18.0 Å². The molecule has 0 fully saturated rings. The number of rotatable bonds is 12. The van der Waals surface area contributed by atoms with Crippen molar-refractivity contribution in [1.82, 2.24) is 10.2 Å². The first-order valence-electron chi connectivity index (χ1n) is 13.1. The maximum Gasteiger partial charge on any atom is 0.264 e. The number of amides is 2. The molecule has 0 saturated heterocycles. The van der Waals surface area contributed by atoms with Gasteiger partial charge in [-0.1, -0.05) is 72.9 Å². The third-order valence-corrected chi connectivity index (χ3v) is 8.98. The minimum atomic E-state index is -4.12. The van der Waals surface area contributed by atoms with Crippen molar-refractivity contribution in [3.8, 4) is 0 Å². The zero-order chi connectivity index (χ0) is 29.4. The first-order valence-corrected chi connectivity index (χ1v) is 15.3. The maximum absolute atomic E-state index is 14.1. The molecule has 10 heteroatoms. The van der Waals surface area contributed by atoms with E-state index in [4.69, 9.17) is 23.2 Å². The Labute approximate surface area is 247 Å². The van der Waals surface area contributed by atoms with Gasteiger partial charge >= 0.3 is 0 Å². The number of aryl methyl sites for hydroxylation is 2. The standard InChI is InChI=1S/C30H35Cl2N3O4S/c1-5-16-33-30(37)28(6-2)34(19-23-12-15-26(31)27(32)18-23)29(36)20-35(24-9-7-8-22(4)17-24)40(38,39)25-13-10-21(3)11-14-25/h7-15,17-18,28H,5-6,16,19-20H2,1-4H3,(H,33,37). The summed E-state index contributed by atoms with van der Waals surface area (Å²) in [7, 11) is -4.12. The Morgan fingerprint density at radius 3 is 2.20 bits per heavy atom. The quantitative estimate of drug-likeness (QED) is 0.269. The predicted octanol–water partition coefficient (Wildman–Crippen LogP) is 6.14. The summed E-state index contributed by atoms with van der Waals surface area (Å²) in [6, 6.07) is 17.6. The topological polar surface area (TPSA) is 86.8 Å². The molecular formula is C30H35Cl2N3O4S. The molecule has 1 atom stereocenters. The molecule has 3 aromatic carbocycles. The van der Waals surface area contributed by atoms with Gasteiger partial charge in [-0.25, -0.2) is 8.42 Å². The van der Waals surface area contributed by atoms with Gasteiger partial charge in [0.05, 0.1) is 20.6 Å². The number of nitrogens with one attached hydrogen (secondary N) is 1. The van der Waals surface area contributed by atoms with Gasteiger partial charge in [0.2, 0.25) is 11.8 Å². The first-order chi connectivity index (χ1) is 19.0. The molecule has 0 aliphatic rings. The SMILES string of the molecule is CCCNC(=O)C(CC)N(Cc1ccc(Cl)c(Cl)c1)C(=O)CN(c1cccc(C)c1)S(=O)(=O)c1ccc(C)cc1. The highest BCUT2D eigenvalue weighted by Crippen LogP contribution is 2.27. The van der Waals surface area contributed by atoms with Crippen LogP contribution in [0.2, 0.25) is 10.0 Å². The Balaban J connectivity index is 2.06. The first kappa shape index (κ1) is 31.5. The molecule has 0 radical (unpaired) electrons. The van der Waals surface area contributed by atoms with Crippen LogP contribution in [0.5, 0.6) is 0 Å². The van der Waals surface area contributed by atoms with Crippen LogP contribution in [0.15, 0.2) is 71.6 Å². The average molecular weight is 605 g/mol. The molecule has 1 N–H and O–H groups in total. The number of halogens is 2. The van der Waals surface area contributed by atoms with Crippen molar-refractivity contribution in [3.05, 3.63) is 93.5 Å². The fourth-order valence-corrected chi connectivity index (χ4v) is 6.00. The number of carbonyl (C=O) groups is 2. The smallest absolute Gasteiger partial charge is 0.264 e. The van der Waals surface area contributed by atoms with E-state index in [-0.39, 0.29) is 17.3 Å². The van der Waals surface area contributed by atoms with E-state index in [1.54, 1.807) is 48.5 Å². The second-order valence-electron chi connectivity index (χ2n) is 9.65. The Morgan fingerprint density at radius 2 is 1.60 bits per heavy atom. The second kappa shape index (κ2) is 14.0. The van der Waals surface area contributed by atoms with E-state index in [1.807, 2.05) is 33.8 Å². The third-order valence-electron chi connectivity index (χ3n) is 6.45. The molecular weight excluding hydrogens is 569 g/mol. The summed E-state index contributed by atoms with van der Waals surface area (Å²) in [6.07, 6.45) is 1.07. The van der Waals surface area contributed by atoms with Crippen LogP contribution in [-0.4, -0.2) is 44.3 Å². The molecule has 1 unspecified atom stereocenters. The monoisotopic (exact) mass is 603 g/mol. The van der Waals surface area contributed by atoms with E-state index >= 15 is 0 Å². The van der Waals surface area contributed by atoms with Gasteiger partial charge in [0.15, 0.2) is 0 Å². The zero-order valence-corrected chi connectivity index (χ0v) is 25.5. The van der Waals surface area contributed by atoms with E-state index in [1.165, 1.54) is 17.0 Å². The van der Waals surface area contributed by atoms with Crippen LogP contribution < -0.4 is 9.62 Å². The molecule has 0 heterocycles. The molecule has 0 saturated carbocycles. The summed E-state index contributed by atoms with van der Waals surface area (Å²) in [6.45, 7) is 7.47. The minimum Gasteiger partial charge on any atom is -0.354 e. The molecule has 3 aromatic rings. The van der Waals surface area contributed by atoms with Gasteiger partial charge in [-0.3, -0.25) is 13.9 Å². The van der Waals surface area contributed by atoms with Crippen molar-refractivity contribution in [2.24, 2.45) is 0 Å². The molecule has 7 nitrogen and oxygen atoms in total. The molecule has 0 aliphatic heterocycles. The second-order valence-corrected chi connectivity index (χ2v) is 12.3. The van der Waals surface area contributed by atoms with Crippen molar-refractivity contribution in [2.45, 2.75) is 58.0 Å². The third kappa shape index (κ3) is 7.77. The molecule has 0 aromatic heterocycles. The Bertz CT molecular complexity index is 1450. The van der Waals surface area contributed by atoms with Gasteiger partial charge in [0.25, 0.3) is 10.0 Å². The highest BCUT2D eigenvalue weighted by Gasteiger charge is 2.33. The van der Waals surface area contributed by atoms with E-state index < -0.39 is 28.5 Å². The molecule has 40 heavy (non-hydrogen) atoms. The Hall–Kier alpha value is -3.07. The predicted molar refractivity (Wildman–Crippen MR) is 161 cm³/mol. The number of benzene rings is 3. The van der Waals surface area contributed by atoms with Crippen molar-refractivity contribution in [3.63, 3.8) is 0 Å². The minimum absolute atomic E-state index is 0.0417. The lowest BCUT2D eigenvalue weighted by molar-refractivity contribution is -0.140. The lowest BCUT2D eigenvalue weighted by Gasteiger charge is -2.33.